The lowest BCUT2D eigenvalue weighted by atomic mass is 10.1. The van der Waals surface area contributed by atoms with Gasteiger partial charge < -0.3 is 0 Å². The first kappa shape index (κ1) is 24.9. The standard InChI is InChI=1S/C30H28N6S2/c1-29(2)17-37-27(35-29)22-12-10-20(15-31-22)25-14-24(19-8-6-5-7-9-19)33-26(34-25)21-11-13-23(32-16-21)28-36-30(3,4)18-38-28/h5-16H,17-18H2,1-4H3. The van der Waals surface area contributed by atoms with Gasteiger partial charge in [0.05, 0.1) is 33.9 Å². The number of hydrogen-bond acceptors (Lipinski definition) is 8. The quantitative estimate of drug-likeness (QED) is 0.279. The van der Waals surface area contributed by atoms with E-state index in [0.717, 1.165) is 61.1 Å². The van der Waals surface area contributed by atoms with E-state index in [1.165, 1.54) is 0 Å². The highest BCUT2D eigenvalue weighted by atomic mass is 32.2. The van der Waals surface area contributed by atoms with Gasteiger partial charge in [-0.25, -0.2) is 9.97 Å². The molecule has 0 saturated heterocycles. The van der Waals surface area contributed by atoms with Crippen molar-refractivity contribution in [2.24, 2.45) is 9.98 Å². The molecule has 3 aromatic heterocycles. The SMILES string of the molecule is CC1(C)CSC(c2ccc(-c3cc(-c4ccccc4)nc(-c4ccc(C5=NC(C)(C)CS5)nc4)n3)cn2)=N1. The molecule has 8 heteroatoms. The van der Waals surface area contributed by atoms with E-state index in [1.807, 2.05) is 54.9 Å². The fourth-order valence-electron chi connectivity index (χ4n) is 4.24. The Labute approximate surface area is 231 Å². The number of aromatic nitrogens is 4. The molecule has 5 heterocycles. The Kier molecular flexibility index (Phi) is 6.40. The Bertz CT molecular complexity index is 1450. The van der Waals surface area contributed by atoms with Gasteiger partial charge in [0.2, 0.25) is 0 Å². The number of nitrogens with zero attached hydrogens (tertiary/aromatic N) is 6. The minimum absolute atomic E-state index is 0.0463. The summed E-state index contributed by atoms with van der Waals surface area (Å²) in [5.41, 5.74) is 6.19. The average Bonchev–Trinajstić information content (AvgIpc) is 3.49. The average molecular weight is 537 g/mol. The summed E-state index contributed by atoms with van der Waals surface area (Å²) in [4.78, 5) is 28.9. The van der Waals surface area contributed by atoms with Crippen molar-refractivity contribution in [1.82, 2.24) is 19.9 Å². The Morgan fingerprint density at radius 3 is 1.58 bits per heavy atom. The van der Waals surface area contributed by atoms with Crippen LogP contribution in [0.3, 0.4) is 0 Å². The number of aliphatic imine (C=N–C) groups is 2. The normalized spacial score (nSPS) is 17.8. The Morgan fingerprint density at radius 1 is 0.579 bits per heavy atom. The lowest BCUT2D eigenvalue weighted by Gasteiger charge is -2.10. The Morgan fingerprint density at radius 2 is 1.11 bits per heavy atom. The second-order valence-electron chi connectivity index (χ2n) is 10.7. The summed E-state index contributed by atoms with van der Waals surface area (Å²) >= 11 is 3.51. The van der Waals surface area contributed by atoms with Gasteiger partial charge in [-0.15, -0.1) is 23.5 Å². The summed E-state index contributed by atoms with van der Waals surface area (Å²) in [6.45, 7) is 8.59. The Hall–Kier alpha value is -3.36. The van der Waals surface area contributed by atoms with Crippen LogP contribution in [0.15, 0.2) is 83.0 Å². The van der Waals surface area contributed by atoms with Crippen molar-refractivity contribution in [1.29, 1.82) is 0 Å². The molecule has 2 aliphatic heterocycles. The monoisotopic (exact) mass is 536 g/mol. The van der Waals surface area contributed by atoms with Crippen molar-refractivity contribution in [3.05, 3.63) is 84.4 Å². The first-order valence-electron chi connectivity index (χ1n) is 12.6. The Balaban J connectivity index is 1.37. The molecular weight excluding hydrogens is 509 g/mol. The molecule has 0 fully saturated rings. The first-order valence-corrected chi connectivity index (χ1v) is 14.6. The molecule has 0 atom stereocenters. The van der Waals surface area contributed by atoms with E-state index < -0.39 is 0 Å². The maximum absolute atomic E-state index is 4.94. The van der Waals surface area contributed by atoms with Gasteiger partial charge in [-0.1, -0.05) is 30.3 Å². The van der Waals surface area contributed by atoms with Crippen LogP contribution in [0.2, 0.25) is 0 Å². The molecule has 38 heavy (non-hydrogen) atoms. The molecule has 0 unspecified atom stereocenters. The smallest absolute Gasteiger partial charge is 0.161 e. The zero-order valence-corrected chi connectivity index (χ0v) is 23.5. The molecule has 6 rings (SSSR count). The molecule has 190 valence electrons. The second-order valence-corrected chi connectivity index (χ2v) is 12.7. The minimum atomic E-state index is -0.0504. The molecule has 1 aromatic carbocycles. The van der Waals surface area contributed by atoms with E-state index in [4.69, 9.17) is 29.9 Å². The lowest BCUT2D eigenvalue weighted by Crippen LogP contribution is -2.15. The largest absolute Gasteiger partial charge is 0.269 e. The highest BCUT2D eigenvalue weighted by Crippen LogP contribution is 2.32. The van der Waals surface area contributed by atoms with Crippen molar-refractivity contribution in [2.45, 2.75) is 38.8 Å². The maximum Gasteiger partial charge on any atom is 0.161 e. The molecule has 0 bridgehead atoms. The zero-order chi connectivity index (χ0) is 26.3. The lowest BCUT2D eigenvalue weighted by molar-refractivity contribution is 0.604. The molecular formula is C30H28N6S2. The maximum atomic E-state index is 4.94. The first-order chi connectivity index (χ1) is 18.2. The molecule has 0 saturated carbocycles. The highest BCUT2D eigenvalue weighted by Gasteiger charge is 2.27. The predicted molar refractivity (Wildman–Crippen MR) is 160 cm³/mol. The van der Waals surface area contributed by atoms with E-state index in [-0.39, 0.29) is 11.1 Å². The molecule has 0 N–H and O–H groups in total. The zero-order valence-electron chi connectivity index (χ0n) is 21.8. The topological polar surface area (TPSA) is 76.3 Å². The van der Waals surface area contributed by atoms with Crippen LogP contribution in [0, 0.1) is 0 Å². The number of hydrogen-bond donors (Lipinski definition) is 0. The summed E-state index contributed by atoms with van der Waals surface area (Å²) < 4.78 is 0. The van der Waals surface area contributed by atoms with E-state index in [9.17, 15) is 0 Å². The van der Waals surface area contributed by atoms with Crippen LogP contribution in [0.25, 0.3) is 33.9 Å². The van der Waals surface area contributed by atoms with Gasteiger partial charge in [0, 0.05) is 40.6 Å². The van der Waals surface area contributed by atoms with E-state index in [0.29, 0.717) is 5.82 Å². The van der Waals surface area contributed by atoms with Crippen molar-refractivity contribution in [3.8, 4) is 33.9 Å². The van der Waals surface area contributed by atoms with Crippen molar-refractivity contribution >= 4 is 33.6 Å². The van der Waals surface area contributed by atoms with Gasteiger partial charge in [0.25, 0.3) is 0 Å². The van der Waals surface area contributed by atoms with Crippen molar-refractivity contribution in [3.63, 3.8) is 0 Å². The van der Waals surface area contributed by atoms with Crippen molar-refractivity contribution in [2.75, 3.05) is 11.5 Å². The molecule has 0 radical (unpaired) electrons. The predicted octanol–water partition coefficient (Wildman–Crippen LogP) is 6.81. The molecule has 0 spiro atoms. The van der Waals surface area contributed by atoms with Crippen LogP contribution in [-0.4, -0.2) is 52.6 Å². The summed E-state index contributed by atoms with van der Waals surface area (Å²) in [5, 5.41) is 1.98. The summed E-state index contributed by atoms with van der Waals surface area (Å²) in [6.07, 6.45) is 3.72. The summed E-state index contributed by atoms with van der Waals surface area (Å²) in [7, 11) is 0. The summed E-state index contributed by atoms with van der Waals surface area (Å²) in [5.74, 6) is 2.56. The van der Waals surface area contributed by atoms with Crippen LogP contribution in [-0.2, 0) is 0 Å². The molecule has 6 nitrogen and oxygen atoms in total. The third kappa shape index (κ3) is 5.28. The fourth-order valence-corrected chi connectivity index (χ4v) is 6.51. The van der Waals surface area contributed by atoms with Gasteiger partial charge in [0.15, 0.2) is 5.82 Å². The number of thioether (sulfide) groups is 2. The van der Waals surface area contributed by atoms with Gasteiger partial charge in [-0.3, -0.25) is 20.0 Å². The van der Waals surface area contributed by atoms with Gasteiger partial charge in [0.1, 0.15) is 10.1 Å². The molecule has 4 aromatic rings. The van der Waals surface area contributed by atoms with Crippen LogP contribution in [0.1, 0.15) is 39.1 Å². The van der Waals surface area contributed by atoms with Crippen LogP contribution in [0.5, 0.6) is 0 Å². The van der Waals surface area contributed by atoms with E-state index in [1.54, 1.807) is 23.5 Å². The van der Waals surface area contributed by atoms with Gasteiger partial charge in [-0.2, -0.15) is 0 Å². The molecule has 0 aliphatic carbocycles. The van der Waals surface area contributed by atoms with Gasteiger partial charge in [-0.05, 0) is 58.0 Å². The fraction of sp³-hybridized carbons (Fsp3) is 0.267. The van der Waals surface area contributed by atoms with Gasteiger partial charge >= 0.3 is 0 Å². The minimum Gasteiger partial charge on any atom is -0.269 e. The third-order valence-corrected chi connectivity index (χ3v) is 9.10. The van der Waals surface area contributed by atoms with E-state index in [2.05, 4.69) is 45.9 Å². The number of rotatable bonds is 5. The number of pyridine rings is 2. The van der Waals surface area contributed by atoms with E-state index >= 15 is 0 Å². The van der Waals surface area contributed by atoms with Crippen molar-refractivity contribution < 1.29 is 0 Å². The van der Waals surface area contributed by atoms with Crippen LogP contribution < -0.4 is 0 Å². The highest BCUT2D eigenvalue weighted by molar-refractivity contribution is 8.15. The molecule has 0 amide bonds. The third-order valence-electron chi connectivity index (χ3n) is 6.25. The van der Waals surface area contributed by atoms with Crippen LogP contribution >= 0.6 is 23.5 Å². The molecule has 2 aliphatic rings. The number of benzene rings is 1. The second kappa shape index (κ2) is 9.75. The summed E-state index contributed by atoms with van der Waals surface area (Å²) in [6, 6.07) is 20.3. The van der Waals surface area contributed by atoms with Crippen LogP contribution in [0.4, 0.5) is 0 Å².